The Morgan fingerprint density at radius 1 is 1.20 bits per heavy atom. The SMILES string of the molecule is CSc1ccc(N2C(=O)N(Cc3ccccn3)C(C)(C)C2=O)cc1Cl. The van der Waals surface area contributed by atoms with Crippen LogP contribution in [0.4, 0.5) is 10.5 Å². The number of anilines is 1. The Balaban J connectivity index is 1.95. The number of amides is 3. The van der Waals surface area contributed by atoms with Crippen molar-refractivity contribution in [2.45, 2.75) is 30.8 Å². The van der Waals surface area contributed by atoms with E-state index in [0.717, 1.165) is 10.6 Å². The van der Waals surface area contributed by atoms with Crippen molar-refractivity contribution in [2.75, 3.05) is 11.2 Å². The van der Waals surface area contributed by atoms with Gasteiger partial charge in [-0.1, -0.05) is 17.7 Å². The van der Waals surface area contributed by atoms with E-state index in [9.17, 15) is 9.59 Å². The van der Waals surface area contributed by atoms with Crippen molar-refractivity contribution in [3.63, 3.8) is 0 Å². The average molecular weight is 376 g/mol. The molecular formula is C18H18ClN3O2S. The molecule has 0 spiro atoms. The van der Waals surface area contributed by atoms with Crippen molar-refractivity contribution < 1.29 is 9.59 Å². The van der Waals surface area contributed by atoms with Gasteiger partial charge in [0.05, 0.1) is 22.9 Å². The minimum absolute atomic E-state index is 0.269. The molecular weight excluding hydrogens is 358 g/mol. The first-order valence-corrected chi connectivity index (χ1v) is 9.36. The molecule has 1 aromatic carbocycles. The predicted octanol–water partition coefficient (Wildman–Crippen LogP) is 4.20. The fraction of sp³-hybridized carbons (Fsp3) is 0.278. The maximum atomic E-state index is 13.0. The molecule has 0 N–H and O–H groups in total. The zero-order chi connectivity index (χ0) is 18.2. The van der Waals surface area contributed by atoms with Crippen LogP contribution in [-0.4, -0.2) is 33.6 Å². The molecule has 1 fully saturated rings. The number of halogens is 1. The molecule has 130 valence electrons. The van der Waals surface area contributed by atoms with Crippen molar-refractivity contribution in [1.29, 1.82) is 0 Å². The lowest BCUT2D eigenvalue weighted by Gasteiger charge is -2.27. The molecule has 3 amide bonds. The normalized spacial score (nSPS) is 16.6. The predicted molar refractivity (Wildman–Crippen MR) is 100.0 cm³/mol. The Kier molecular flexibility index (Phi) is 4.75. The number of aromatic nitrogens is 1. The largest absolute Gasteiger partial charge is 0.332 e. The summed E-state index contributed by atoms with van der Waals surface area (Å²) in [6.45, 7) is 3.76. The fourth-order valence-corrected chi connectivity index (χ4v) is 3.64. The van der Waals surface area contributed by atoms with Gasteiger partial charge in [-0.25, -0.2) is 9.69 Å². The first-order chi connectivity index (χ1) is 11.9. The van der Waals surface area contributed by atoms with E-state index in [-0.39, 0.29) is 18.5 Å². The molecule has 1 aliphatic heterocycles. The van der Waals surface area contributed by atoms with Crippen molar-refractivity contribution >= 4 is 41.0 Å². The van der Waals surface area contributed by atoms with E-state index in [0.29, 0.717) is 10.7 Å². The van der Waals surface area contributed by atoms with Gasteiger partial charge >= 0.3 is 6.03 Å². The van der Waals surface area contributed by atoms with E-state index in [1.807, 2.05) is 30.5 Å². The molecule has 0 atom stereocenters. The second-order valence-corrected chi connectivity index (χ2v) is 7.46. The number of nitrogens with zero attached hydrogens (tertiary/aromatic N) is 3. The summed E-state index contributed by atoms with van der Waals surface area (Å²) in [4.78, 5) is 33.7. The van der Waals surface area contributed by atoms with Crippen molar-refractivity contribution in [3.8, 4) is 0 Å². The minimum Gasteiger partial charge on any atom is -0.304 e. The molecule has 0 unspecified atom stereocenters. The molecule has 5 nitrogen and oxygen atoms in total. The Hall–Kier alpha value is -2.05. The van der Waals surface area contributed by atoms with Crippen LogP contribution in [0.25, 0.3) is 0 Å². The zero-order valence-corrected chi connectivity index (χ0v) is 15.8. The topological polar surface area (TPSA) is 53.5 Å². The second kappa shape index (κ2) is 6.69. The summed E-state index contributed by atoms with van der Waals surface area (Å²) in [5.41, 5.74) is 0.253. The van der Waals surface area contributed by atoms with Crippen molar-refractivity contribution in [1.82, 2.24) is 9.88 Å². The quantitative estimate of drug-likeness (QED) is 0.593. The van der Waals surface area contributed by atoms with E-state index >= 15 is 0 Å². The van der Waals surface area contributed by atoms with Gasteiger partial charge in [0.1, 0.15) is 5.54 Å². The Morgan fingerprint density at radius 3 is 2.56 bits per heavy atom. The molecule has 7 heteroatoms. The molecule has 0 saturated carbocycles. The highest BCUT2D eigenvalue weighted by Gasteiger charge is 2.51. The number of benzene rings is 1. The molecule has 2 heterocycles. The number of hydrogen-bond acceptors (Lipinski definition) is 4. The van der Waals surface area contributed by atoms with E-state index in [1.165, 1.54) is 21.6 Å². The fourth-order valence-electron chi connectivity index (χ4n) is 2.78. The monoisotopic (exact) mass is 375 g/mol. The van der Waals surface area contributed by atoms with Gasteiger partial charge in [-0.2, -0.15) is 0 Å². The summed E-state index contributed by atoms with van der Waals surface area (Å²) in [7, 11) is 0. The molecule has 0 radical (unpaired) electrons. The molecule has 1 aliphatic rings. The standard InChI is InChI=1S/C18H18ClN3O2S/c1-18(2)16(23)22(13-7-8-15(25-3)14(19)10-13)17(24)21(18)11-12-6-4-5-9-20-12/h4-10H,11H2,1-3H3. The number of urea groups is 1. The maximum absolute atomic E-state index is 13.0. The van der Waals surface area contributed by atoms with E-state index in [1.54, 1.807) is 32.2 Å². The lowest BCUT2D eigenvalue weighted by atomic mass is 10.0. The molecule has 1 aromatic heterocycles. The van der Waals surface area contributed by atoms with Crippen LogP contribution in [0.1, 0.15) is 19.5 Å². The summed E-state index contributed by atoms with van der Waals surface area (Å²) in [6, 6.07) is 10.4. The van der Waals surface area contributed by atoms with Crippen LogP contribution >= 0.6 is 23.4 Å². The van der Waals surface area contributed by atoms with Crippen LogP contribution in [0.15, 0.2) is 47.5 Å². The maximum Gasteiger partial charge on any atom is 0.332 e. The molecule has 3 rings (SSSR count). The Labute approximate surface area is 156 Å². The highest BCUT2D eigenvalue weighted by Crippen LogP contribution is 2.36. The van der Waals surface area contributed by atoms with Gasteiger partial charge < -0.3 is 4.90 Å². The Morgan fingerprint density at radius 2 is 1.96 bits per heavy atom. The molecule has 2 aromatic rings. The third-order valence-corrected chi connectivity index (χ3v) is 5.48. The zero-order valence-electron chi connectivity index (χ0n) is 14.2. The van der Waals surface area contributed by atoms with Crippen LogP contribution in [0.5, 0.6) is 0 Å². The van der Waals surface area contributed by atoms with Crippen LogP contribution in [0.2, 0.25) is 5.02 Å². The molecule has 0 aliphatic carbocycles. The molecule has 0 bridgehead atoms. The third-order valence-electron chi connectivity index (χ3n) is 4.26. The van der Waals surface area contributed by atoms with Crippen LogP contribution in [-0.2, 0) is 11.3 Å². The summed E-state index contributed by atoms with van der Waals surface area (Å²) in [5, 5.41) is 0.520. The van der Waals surface area contributed by atoms with Gasteiger partial charge in [-0.3, -0.25) is 9.78 Å². The highest BCUT2D eigenvalue weighted by atomic mass is 35.5. The van der Waals surface area contributed by atoms with Crippen molar-refractivity contribution in [3.05, 3.63) is 53.3 Å². The number of rotatable bonds is 4. The summed E-state index contributed by atoms with van der Waals surface area (Å²) < 4.78 is 0. The lowest BCUT2D eigenvalue weighted by molar-refractivity contribution is -0.123. The van der Waals surface area contributed by atoms with E-state index < -0.39 is 5.54 Å². The third kappa shape index (κ3) is 3.12. The summed E-state index contributed by atoms with van der Waals surface area (Å²) in [5.74, 6) is -0.276. The number of carbonyl (C=O) groups excluding carboxylic acids is 2. The summed E-state index contributed by atoms with van der Waals surface area (Å²) in [6.07, 6.45) is 3.59. The first kappa shape index (κ1) is 17.8. The number of hydrogen-bond donors (Lipinski definition) is 0. The van der Waals surface area contributed by atoms with Gasteiger partial charge in [-0.15, -0.1) is 11.8 Å². The van der Waals surface area contributed by atoms with E-state index in [4.69, 9.17) is 11.6 Å². The van der Waals surface area contributed by atoms with Gasteiger partial charge in [0.2, 0.25) is 0 Å². The van der Waals surface area contributed by atoms with Gasteiger partial charge in [0.25, 0.3) is 5.91 Å². The van der Waals surface area contributed by atoms with Gasteiger partial charge in [0.15, 0.2) is 0 Å². The lowest BCUT2D eigenvalue weighted by Crippen LogP contribution is -2.43. The highest BCUT2D eigenvalue weighted by molar-refractivity contribution is 7.98. The number of pyridine rings is 1. The summed E-state index contributed by atoms with van der Waals surface area (Å²) >= 11 is 7.76. The van der Waals surface area contributed by atoms with Crippen molar-refractivity contribution in [2.24, 2.45) is 0 Å². The number of carbonyl (C=O) groups is 2. The first-order valence-electron chi connectivity index (χ1n) is 7.76. The van der Waals surface area contributed by atoms with Crippen LogP contribution in [0, 0.1) is 0 Å². The van der Waals surface area contributed by atoms with Gasteiger partial charge in [0, 0.05) is 11.1 Å². The van der Waals surface area contributed by atoms with Gasteiger partial charge in [-0.05, 0) is 50.4 Å². The smallest absolute Gasteiger partial charge is 0.304 e. The molecule has 25 heavy (non-hydrogen) atoms. The Bertz CT molecular complexity index is 826. The second-order valence-electron chi connectivity index (χ2n) is 6.21. The van der Waals surface area contributed by atoms with Crippen LogP contribution in [0.3, 0.4) is 0 Å². The number of imide groups is 1. The number of thioether (sulfide) groups is 1. The minimum atomic E-state index is -0.959. The van der Waals surface area contributed by atoms with E-state index in [2.05, 4.69) is 4.98 Å². The van der Waals surface area contributed by atoms with Crippen LogP contribution < -0.4 is 4.90 Å². The molecule has 1 saturated heterocycles. The average Bonchev–Trinajstić information content (AvgIpc) is 2.76.